The molecule has 1 aromatic rings. The van der Waals surface area contributed by atoms with E-state index in [0.717, 1.165) is 36.9 Å². The molecule has 1 rings (SSSR count). The maximum atomic E-state index is 13.5. The minimum absolute atomic E-state index is 0.0619. The molecule has 1 N–H and O–H groups in total. The molecule has 0 saturated carbocycles. The number of halogens is 1. The summed E-state index contributed by atoms with van der Waals surface area (Å²) in [6, 6.07) is 3.94. The van der Waals surface area contributed by atoms with Crippen molar-refractivity contribution in [1.29, 1.82) is 0 Å². The van der Waals surface area contributed by atoms with Gasteiger partial charge in [-0.1, -0.05) is 12.1 Å². The molecular weight excluding hydrogens is 225 g/mol. The Morgan fingerprint density at radius 1 is 1.06 bits per heavy atom. The van der Waals surface area contributed by atoms with Crippen LogP contribution >= 0.6 is 0 Å². The van der Waals surface area contributed by atoms with Crippen LogP contribution in [0, 0.1) is 19.7 Å². The van der Waals surface area contributed by atoms with Crippen molar-refractivity contribution < 1.29 is 4.39 Å². The van der Waals surface area contributed by atoms with Crippen LogP contribution in [-0.2, 0) is 6.42 Å². The topological polar surface area (TPSA) is 12.0 Å². The first-order chi connectivity index (χ1) is 8.29. The van der Waals surface area contributed by atoms with Crippen molar-refractivity contribution in [3.05, 3.63) is 34.6 Å². The Balaban J connectivity index is 2.36. The van der Waals surface area contributed by atoms with E-state index in [2.05, 4.69) is 26.1 Å². The fourth-order valence-electron chi connectivity index (χ4n) is 2.10. The summed E-state index contributed by atoms with van der Waals surface area (Å²) in [5.74, 6) is -0.0619. The number of hydrogen-bond acceptors (Lipinski definition) is 1. The zero-order valence-electron chi connectivity index (χ0n) is 12.4. The molecule has 1 nitrogen and oxygen atoms in total. The predicted molar refractivity (Wildman–Crippen MR) is 76.6 cm³/mol. The van der Waals surface area contributed by atoms with Gasteiger partial charge in [0.2, 0.25) is 0 Å². The number of benzene rings is 1. The number of unbranched alkanes of at least 4 members (excludes halogenated alkanes) is 1. The van der Waals surface area contributed by atoms with Crippen molar-refractivity contribution in [3.8, 4) is 0 Å². The van der Waals surface area contributed by atoms with E-state index in [0.29, 0.717) is 0 Å². The highest BCUT2D eigenvalue weighted by Gasteiger charge is 2.07. The van der Waals surface area contributed by atoms with Gasteiger partial charge < -0.3 is 5.32 Å². The fourth-order valence-corrected chi connectivity index (χ4v) is 2.10. The van der Waals surface area contributed by atoms with Crippen LogP contribution in [0.15, 0.2) is 12.1 Å². The molecule has 0 saturated heterocycles. The molecule has 0 bridgehead atoms. The summed E-state index contributed by atoms with van der Waals surface area (Å²) in [5.41, 5.74) is 2.97. The van der Waals surface area contributed by atoms with Crippen LogP contribution in [0.4, 0.5) is 4.39 Å². The van der Waals surface area contributed by atoms with E-state index in [1.54, 1.807) is 0 Å². The Kier molecular flexibility index (Phi) is 5.33. The number of nitrogens with one attached hydrogen (secondary N) is 1. The molecule has 0 atom stereocenters. The molecule has 102 valence electrons. The zero-order chi connectivity index (χ0) is 13.8. The Hall–Kier alpha value is -0.890. The molecular formula is C16H26FN. The van der Waals surface area contributed by atoms with E-state index in [1.165, 1.54) is 5.56 Å². The van der Waals surface area contributed by atoms with Crippen LogP contribution in [0.1, 0.15) is 50.3 Å². The third-order valence-corrected chi connectivity index (χ3v) is 3.04. The largest absolute Gasteiger partial charge is 0.312 e. The third kappa shape index (κ3) is 5.18. The highest BCUT2D eigenvalue weighted by molar-refractivity contribution is 5.30. The second kappa shape index (κ2) is 6.33. The molecule has 0 fully saturated rings. The van der Waals surface area contributed by atoms with Gasteiger partial charge in [0.15, 0.2) is 0 Å². The minimum atomic E-state index is -0.0619. The predicted octanol–water partition coefficient (Wildman–Crippen LogP) is 4.15. The van der Waals surface area contributed by atoms with Gasteiger partial charge in [-0.3, -0.25) is 0 Å². The monoisotopic (exact) mass is 251 g/mol. The Labute approximate surface area is 111 Å². The van der Waals surface area contributed by atoms with Gasteiger partial charge in [-0.2, -0.15) is 0 Å². The molecule has 0 aliphatic carbocycles. The van der Waals surface area contributed by atoms with Gasteiger partial charge in [-0.25, -0.2) is 4.39 Å². The van der Waals surface area contributed by atoms with Crippen LogP contribution in [0.2, 0.25) is 0 Å². The van der Waals surface area contributed by atoms with E-state index in [1.807, 2.05) is 26.0 Å². The fraction of sp³-hybridized carbons (Fsp3) is 0.625. The van der Waals surface area contributed by atoms with Gasteiger partial charge in [0.05, 0.1) is 0 Å². The zero-order valence-corrected chi connectivity index (χ0v) is 12.4. The normalized spacial score (nSPS) is 11.9. The first-order valence-electron chi connectivity index (χ1n) is 6.80. The van der Waals surface area contributed by atoms with Crippen LogP contribution in [0.3, 0.4) is 0 Å². The van der Waals surface area contributed by atoms with E-state index in [-0.39, 0.29) is 11.4 Å². The van der Waals surface area contributed by atoms with Crippen LogP contribution in [-0.4, -0.2) is 12.1 Å². The molecule has 0 amide bonds. The maximum absolute atomic E-state index is 13.5. The summed E-state index contributed by atoms with van der Waals surface area (Å²) in [6.45, 7) is 11.3. The molecule has 0 spiro atoms. The van der Waals surface area contributed by atoms with E-state index in [9.17, 15) is 4.39 Å². The lowest BCUT2D eigenvalue weighted by atomic mass is 10.0. The van der Waals surface area contributed by atoms with Gasteiger partial charge in [0.25, 0.3) is 0 Å². The average molecular weight is 251 g/mol. The number of aryl methyl sites for hydroxylation is 3. The smallest absolute Gasteiger partial charge is 0.129 e. The summed E-state index contributed by atoms with van der Waals surface area (Å²) >= 11 is 0. The Morgan fingerprint density at radius 2 is 1.61 bits per heavy atom. The van der Waals surface area contributed by atoms with E-state index < -0.39 is 0 Å². The van der Waals surface area contributed by atoms with Crippen LogP contribution < -0.4 is 5.32 Å². The molecule has 18 heavy (non-hydrogen) atoms. The summed E-state index contributed by atoms with van der Waals surface area (Å²) < 4.78 is 13.5. The van der Waals surface area contributed by atoms with Gasteiger partial charge in [-0.05, 0) is 77.1 Å². The Bertz CT molecular complexity index is 368. The van der Waals surface area contributed by atoms with E-state index in [4.69, 9.17) is 0 Å². The molecule has 2 heteroatoms. The van der Waals surface area contributed by atoms with Gasteiger partial charge in [0, 0.05) is 5.54 Å². The lowest BCUT2D eigenvalue weighted by Crippen LogP contribution is -2.36. The van der Waals surface area contributed by atoms with Gasteiger partial charge >= 0.3 is 0 Å². The second-order valence-electron chi connectivity index (χ2n) is 6.18. The molecule has 0 aliphatic heterocycles. The summed E-state index contributed by atoms with van der Waals surface area (Å²) in [7, 11) is 0. The Morgan fingerprint density at radius 3 is 2.11 bits per heavy atom. The molecule has 0 heterocycles. The molecule has 0 aromatic heterocycles. The van der Waals surface area contributed by atoms with Crippen molar-refractivity contribution in [3.63, 3.8) is 0 Å². The first kappa shape index (κ1) is 15.2. The van der Waals surface area contributed by atoms with Crippen LogP contribution in [0.5, 0.6) is 0 Å². The van der Waals surface area contributed by atoms with Gasteiger partial charge in [0.1, 0.15) is 5.82 Å². The third-order valence-electron chi connectivity index (χ3n) is 3.04. The van der Waals surface area contributed by atoms with Crippen molar-refractivity contribution >= 4 is 0 Å². The van der Waals surface area contributed by atoms with Crippen LogP contribution in [0.25, 0.3) is 0 Å². The summed E-state index contributed by atoms with van der Waals surface area (Å²) in [5, 5.41) is 3.48. The highest BCUT2D eigenvalue weighted by atomic mass is 19.1. The molecule has 1 aromatic carbocycles. The maximum Gasteiger partial charge on any atom is 0.129 e. The van der Waals surface area contributed by atoms with Crippen molar-refractivity contribution in [2.45, 2.75) is 59.4 Å². The first-order valence-corrected chi connectivity index (χ1v) is 6.80. The molecule has 0 unspecified atom stereocenters. The number of hydrogen-bond donors (Lipinski definition) is 1. The SMILES string of the molecule is Cc1cc(CCCCNC(C)(C)C)cc(C)c1F. The van der Waals surface area contributed by atoms with E-state index >= 15 is 0 Å². The second-order valence-corrected chi connectivity index (χ2v) is 6.18. The highest BCUT2D eigenvalue weighted by Crippen LogP contribution is 2.16. The molecule has 0 aliphatic rings. The lowest BCUT2D eigenvalue weighted by Gasteiger charge is -2.20. The van der Waals surface area contributed by atoms with Crippen molar-refractivity contribution in [2.24, 2.45) is 0 Å². The number of rotatable bonds is 5. The van der Waals surface area contributed by atoms with Crippen molar-refractivity contribution in [1.82, 2.24) is 5.32 Å². The quantitative estimate of drug-likeness (QED) is 0.775. The summed E-state index contributed by atoms with van der Waals surface area (Å²) in [6.07, 6.45) is 3.34. The lowest BCUT2D eigenvalue weighted by molar-refractivity contribution is 0.419. The summed E-state index contributed by atoms with van der Waals surface area (Å²) in [4.78, 5) is 0. The minimum Gasteiger partial charge on any atom is -0.312 e. The van der Waals surface area contributed by atoms with Gasteiger partial charge in [-0.15, -0.1) is 0 Å². The molecule has 0 radical (unpaired) electrons. The average Bonchev–Trinajstić information content (AvgIpc) is 2.23. The standard InChI is InChI=1S/C16H26FN/c1-12-10-14(11-13(2)15(12)17)8-6-7-9-18-16(3,4)5/h10-11,18H,6-9H2,1-5H3. The van der Waals surface area contributed by atoms with Crippen molar-refractivity contribution in [2.75, 3.05) is 6.54 Å².